The minimum absolute atomic E-state index is 0.0119. The van der Waals surface area contributed by atoms with Crippen molar-refractivity contribution in [1.82, 2.24) is 10.2 Å². The van der Waals surface area contributed by atoms with Crippen LogP contribution in [0.4, 0.5) is 4.79 Å². The number of carbonyl (C=O) groups is 2. The summed E-state index contributed by atoms with van der Waals surface area (Å²) in [5.74, 6) is -0.621. The van der Waals surface area contributed by atoms with Gasteiger partial charge in [0.1, 0.15) is 10.6 Å². The molecule has 0 spiro atoms. The van der Waals surface area contributed by atoms with Gasteiger partial charge in [0.25, 0.3) is 0 Å². The van der Waals surface area contributed by atoms with Crippen LogP contribution in [0.15, 0.2) is 53.4 Å². The van der Waals surface area contributed by atoms with Gasteiger partial charge in [0.2, 0.25) is 0 Å². The van der Waals surface area contributed by atoms with E-state index in [1.54, 1.807) is 23.1 Å². The number of nitrogens with one attached hydrogen (secondary N) is 1. The van der Waals surface area contributed by atoms with Gasteiger partial charge in [0.15, 0.2) is 0 Å². The highest BCUT2D eigenvalue weighted by atomic mass is 32.2. The lowest BCUT2D eigenvalue weighted by atomic mass is 10.1. The van der Waals surface area contributed by atoms with Gasteiger partial charge in [-0.3, -0.25) is 0 Å². The van der Waals surface area contributed by atoms with E-state index < -0.39 is 21.6 Å². The molecule has 0 aliphatic carbocycles. The first-order valence-electron chi connectivity index (χ1n) is 13.0. The molecule has 0 bridgehead atoms. The van der Waals surface area contributed by atoms with E-state index in [-0.39, 0.29) is 35.0 Å². The molecule has 3 rings (SSSR count). The largest absolute Gasteiger partial charge is 0.462 e. The maximum atomic E-state index is 13.0. The number of unbranched alkanes of at least 4 members (excludes halogenated alkanes) is 1. The smallest absolute Gasteiger partial charge is 0.340 e. The Morgan fingerprint density at radius 2 is 1.82 bits per heavy atom. The van der Waals surface area contributed by atoms with Crippen LogP contribution in [-0.2, 0) is 26.1 Å². The minimum Gasteiger partial charge on any atom is -0.462 e. The Labute approximate surface area is 225 Å². The zero-order valence-electron chi connectivity index (χ0n) is 22.6. The standard InChI is InChI=1S/C28H38N2O7S/c1-5-6-17-36-26(31)24-11-7-8-12-25(24)38(33,34)37-22-15-13-21(14-16-22)19-30(20-23-10-9-18-35-23)27(32)29-28(2,3)4/h7-8,11-16,23H,5-6,9-10,17-20H2,1-4H3,(H,29,32)/t23-/m1/s1. The topological polar surface area (TPSA) is 111 Å². The van der Waals surface area contributed by atoms with E-state index >= 15 is 0 Å². The number of hydrogen-bond donors (Lipinski definition) is 1. The SMILES string of the molecule is CCCCOC(=O)c1ccccc1S(=O)(=O)Oc1ccc(CN(C[C@H]2CCCO2)C(=O)NC(C)(C)C)cc1. The maximum Gasteiger partial charge on any atom is 0.340 e. The van der Waals surface area contributed by atoms with Crippen LogP contribution in [0.5, 0.6) is 5.75 Å². The number of urea groups is 1. The lowest BCUT2D eigenvalue weighted by Gasteiger charge is -2.30. The van der Waals surface area contributed by atoms with Crippen molar-refractivity contribution in [3.05, 3.63) is 59.7 Å². The number of nitrogens with zero attached hydrogens (tertiary/aromatic N) is 1. The summed E-state index contributed by atoms with van der Waals surface area (Å²) in [6.07, 6.45) is 3.39. The highest BCUT2D eigenvalue weighted by molar-refractivity contribution is 7.87. The molecule has 1 aliphatic heterocycles. The molecule has 208 valence electrons. The molecule has 1 saturated heterocycles. The molecule has 1 aliphatic rings. The lowest BCUT2D eigenvalue weighted by molar-refractivity contribution is 0.0495. The van der Waals surface area contributed by atoms with Crippen LogP contribution in [0.3, 0.4) is 0 Å². The maximum absolute atomic E-state index is 13.0. The third kappa shape index (κ3) is 8.73. The summed E-state index contributed by atoms with van der Waals surface area (Å²) in [5.41, 5.74) is 0.336. The van der Waals surface area contributed by atoms with Crippen molar-refractivity contribution in [3.8, 4) is 5.75 Å². The molecule has 0 unspecified atom stereocenters. The van der Waals surface area contributed by atoms with Crippen LogP contribution in [-0.4, -0.2) is 56.7 Å². The average Bonchev–Trinajstić information content (AvgIpc) is 3.37. The number of amides is 2. The van der Waals surface area contributed by atoms with Crippen LogP contribution >= 0.6 is 0 Å². The summed E-state index contributed by atoms with van der Waals surface area (Å²) < 4.78 is 42.3. The summed E-state index contributed by atoms with van der Waals surface area (Å²) in [6, 6.07) is 12.1. The molecule has 9 nitrogen and oxygen atoms in total. The van der Waals surface area contributed by atoms with Crippen molar-refractivity contribution in [2.24, 2.45) is 0 Å². The zero-order chi connectivity index (χ0) is 27.8. The van der Waals surface area contributed by atoms with Gasteiger partial charge in [-0.2, -0.15) is 8.42 Å². The lowest BCUT2D eigenvalue weighted by Crippen LogP contribution is -2.50. The molecule has 2 aromatic rings. The molecule has 10 heteroatoms. The second-order valence-corrected chi connectivity index (χ2v) is 11.9. The normalized spacial score (nSPS) is 15.6. The van der Waals surface area contributed by atoms with Gasteiger partial charge >= 0.3 is 22.1 Å². The number of rotatable bonds is 11. The molecule has 1 atom stereocenters. The van der Waals surface area contributed by atoms with Crippen LogP contribution in [0.2, 0.25) is 0 Å². The van der Waals surface area contributed by atoms with E-state index in [1.165, 1.54) is 30.3 Å². The molecule has 2 aromatic carbocycles. The number of hydrogen-bond acceptors (Lipinski definition) is 7. The molecule has 0 saturated carbocycles. The Morgan fingerprint density at radius 1 is 1.11 bits per heavy atom. The quantitative estimate of drug-likeness (QED) is 0.242. The van der Waals surface area contributed by atoms with E-state index in [2.05, 4.69) is 5.32 Å². The minimum atomic E-state index is -4.30. The van der Waals surface area contributed by atoms with Gasteiger partial charge in [-0.25, -0.2) is 9.59 Å². The summed E-state index contributed by atoms with van der Waals surface area (Å²) in [6.45, 7) is 9.41. The fourth-order valence-electron chi connectivity index (χ4n) is 3.94. The van der Waals surface area contributed by atoms with Gasteiger partial charge in [0, 0.05) is 25.2 Å². The number of ether oxygens (including phenoxy) is 2. The Bertz CT molecular complexity index is 1180. The number of benzene rings is 2. The predicted molar refractivity (Wildman–Crippen MR) is 144 cm³/mol. The van der Waals surface area contributed by atoms with Crippen molar-refractivity contribution in [1.29, 1.82) is 0 Å². The molecular formula is C28H38N2O7S. The van der Waals surface area contributed by atoms with Gasteiger partial charge in [-0.05, 0) is 69.9 Å². The summed E-state index contributed by atoms with van der Waals surface area (Å²) in [4.78, 5) is 26.9. The molecule has 0 radical (unpaired) electrons. The monoisotopic (exact) mass is 546 g/mol. The third-order valence-electron chi connectivity index (χ3n) is 5.83. The van der Waals surface area contributed by atoms with Crippen LogP contribution < -0.4 is 9.50 Å². The zero-order valence-corrected chi connectivity index (χ0v) is 23.4. The second kappa shape index (κ2) is 13.1. The van der Waals surface area contributed by atoms with Crippen molar-refractivity contribution in [3.63, 3.8) is 0 Å². The average molecular weight is 547 g/mol. The van der Waals surface area contributed by atoms with Crippen molar-refractivity contribution < 1.29 is 31.7 Å². The van der Waals surface area contributed by atoms with Crippen molar-refractivity contribution in [2.75, 3.05) is 19.8 Å². The third-order valence-corrected chi connectivity index (χ3v) is 7.13. The molecule has 1 heterocycles. The van der Waals surface area contributed by atoms with E-state index in [1.807, 2.05) is 27.7 Å². The van der Waals surface area contributed by atoms with Crippen molar-refractivity contribution in [2.45, 2.75) is 76.5 Å². The molecule has 38 heavy (non-hydrogen) atoms. The number of esters is 1. The van der Waals surface area contributed by atoms with Crippen LogP contribution in [0.25, 0.3) is 0 Å². The van der Waals surface area contributed by atoms with E-state index in [0.29, 0.717) is 26.1 Å². The number of carbonyl (C=O) groups excluding carboxylic acids is 2. The fraction of sp³-hybridized carbons (Fsp3) is 0.500. The summed E-state index contributed by atoms with van der Waals surface area (Å²) in [5, 5.41) is 2.99. The predicted octanol–water partition coefficient (Wildman–Crippen LogP) is 4.90. The Hall–Kier alpha value is -3.11. The molecule has 2 amide bonds. The van der Waals surface area contributed by atoms with Gasteiger partial charge in [-0.15, -0.1) is 0 Å². The highest BCUT2D eigenvalue weighted by Gasteiger charge is 2.27. The van der Waals surface area contributed by atoms with Crippen LogP contribution in [0.1, 0.15) is 69.3 Å². The molecule has 1 N–H and O–H groups in total. The second-order valence-electron chi connectivity index (χ2n) is 10.4. The first-order valence-corrected chi connectivity index (χ1v) is 14.4. The Morgan fingerprint density at radius 3 is 2.45 bits per heavy atom. The summed E-state index contributed by atoms with van der Waals surface area (Å²) in [7, 11) is -4.30. The Balaban J connectivity index is 1.72. The van der Waals surface area contributed by atoms with E-state index in [9.17, 15) is 18.0 Å². The molecule has 0 aromatic heterocycles. The highest BCUT2D eigenvalue weighted by Crippen LogP contribution is 2.24. The van der Waals surface area contributed by atoms with E-state index in [0.717, 1.165) is 24.8 Å². The van der Waals surface area contributed by atoms with Gasteiger partial charge < -0.3 is 23.9 Å². The Kier molecular flexibility index (Phi) is 10.2. The first kappa shape index (κ1) is 29.4. The summed E-state index contributed by atoms with van der Waals surface area (Å²) >= 11 is 0. The van der Waals surface area contributed by atoms with Crippen LogP contribution in [0, 0.1) is 0 Å². The molecule has 1 fully saturated rings. The van der Waals surface area contributed by atoms with Crippen molar-refractivity contribution >= 4 is 22.1 Å². The fourth-order valence-corrected chi connectivity index (χ4v) is 5.06. The first-order chi connectivity index (χ1) is 18.0. The molecular weight excluding hydrogens is 508 g/mol. The van der Waals surface area contributed by atoms with Gasteiger partial charge in [-0.1, -0.05) is 37.6 Å². The van der Waals surface area contributed by atoms with Gasteiger partial charge in [0.05, 0.1) is 18.3 Å². The van der Waals surface area contributed by atoms with E-state index in [4.69, 9.17) is 13.7 Å².